The second-order valence-electron chi connectivity index (χ2n) is 9.00. The minimum Gasteiger partial charge on any atom is -0.0654 e. The van der Waals surface area contributed by atoms with Crippen molar-refractivity contribution in [1.82, 2.24) is 0 Å². The predicted molar refractivity (Wildman–Crippen MR) is 110 cm³/mol. The molecule has 0 nitrogen and oxygen atoms in total. The molecule has 140 valence electrons. The monoisotopic (exact) mass is 340 g/mol. The molecular formula is C25H40. The maximum Gasteiger partial charge on any atom is -0.0162 e. The Kier molecular flexibility index (Phi) is 7.89. The van der Waals surface area contributed by atoms with E-state index >= 15 is 0 Å². The molecule has 0 amide bonds. The lowest BCUT2D eigenvalue weighted by Crippen LogP contribution is -2.15. The molecule has 2 fully saturated rings. The van der Waals surface area contributed by atoms with E-state index in [0.717, 1.165) is 17.8 Å². The summed E-state index contributed by atoms with van der Waals surface area (Å²) in [5.41, 5.74) is 3.18. The molecule has 0 heterocycles. The van der Waals surface area contributed by atoms with Gasteiger partial charge in [0.15, 0.2) is 0 Å². The summed E-state index contributed by atoms with van der Waals surface area (Å²) in [5, 5.41) is 0. The Labute approximate surface area is 156 Å². The first kappa shape index (κ1) is 19.0. The average molecular weight is 341 g/mol. The van der Waals surface area contributed by atoms with Gasteiger partial charge in [0.1, 0.15) is 0 Å². The van der Waals surface area contributed by atoms with Gasteiger partial charge in [-0.1, -0.05) is 102 Å². The lowest BCUT2D eigenvalue weighted by Gasteiger charge is -2.28. The van der Waals surface area contributed by atoms with E-state index in [-0.39, 0.29) is 0 Å². The van der Waals surface area contributed by atoms with Crippen LogP contribution in [0.25, 0.3) is 0 Å². The summed E-state index contributed by atoms with van der Waals surface area (Å²) in [6.45, 7) is 2.32. The first-order chi connectivity index (χ1) is 12.3. The van der Waals surface area contributed by atoms with E-state index in [2.05, 4.69) is 31.2 Å². The second kappa shape index (κ2) is 10.4. The topological polar surface area (TPSA) is 0 Å². The van der Waals surface area contributed by atoms with Gasteiger partial charge in [0, 0.05) is 0 Å². The number of rotatable bonds is 8. The van der Waals surface area contributed by atoms with Crippen LogP contribution in [-0.4, -0.2) is 0 Å². The van der Waals surface area contributed by atoms with Gasteiger partial charge in [-0.15, -0.1) is 0 Å². The quantitative estimate of drug-likeness (QED) is 0.420. The molecule has 0 radical (unpaired) electrons. The molecule has 2 saturated carbocycles. The smallest absolute Gasteiger partial charge is 0.0162 e. The molecule has 0 aliphatic heterocycles. The first-order valence-corrected chi connectivity index (χ1v) is 11.4. The van der Waals surface area contributed by atoms with Crippen LogP contribution in [0.3, 0.4) is 0 Å². The van der Waals surface area contributed by atoms with Gasteiger partial charge in [0.25, 0.3) is 0 Å². The van der Waals surface area contributed by atoms with E-state index in [4.69, 9.17) is 0 Å². The zero-order valence-electron chi connectivity index (χ0n) is 16.6. The van der Waals surface area contributed by atoms with Gasteiger partial charge in [0.05, 0.1) is 0 Å². The third kappa shape index (κ3) is 6.15. The summed E-state index contributed by atoms with van der Waals surface area (Å²) >= 11 is 0. The minimum absolute atomic E-state index is 0.853. The summed E-state index contributed by atoms with van der Waals surface area (Å²) in [6, 6.07) is 9.74. The normalized spacial score (nSPS) is 25.2. The lowest BCUT2D eigenvalue weighted by atomic mass is 9.77. The van der Waals surface area contributed by atoms with Crippen LogP contribution in [0.15, 0.2) is 24.3 Å². The maximum absolute atomic E-state index is 2.44. The Morgan fingerprint density at radius 3 is 2.00 bits per heavy atom. The number of benzene rings is 1. The van der Waals surface area contributed by atoms with Crippen LogP contribution < -0.4 is 0 Å². The predicted octanol–water partition coefficient (Wildman–Crippen LogP) is 8.05. The van der Waals surface area contributed by atoms with Gasteiger partial charge < -0.3 is 0 Å². The Bertz CT molecular complexity index is 457. The van der Waals surface area contributed by atoms with E-state index in [1.165, 1.54) is 96.3 Å². The van der Waals surface area contributed by atoms with Crippen LogP contribution in [0.4, 0.5) is 0 Å². The molecule has 0 saturated heterocycles. The molecule has 2 aliphatic carbocycles. The SMILES string of the molecule is CCCCCC1CCC(CCc2ccc(C3CCCCC3)cc2)CC1. The molecule has 0 heteroatoms. The fourth-order valence-corrected chi connectivity index (χ4v) is 5.26. The minimum atomic E-state index is 0.853. The van der Waals surface area contributed by atoms with Gasteiger partial charge in [0.2, 0.25) is 0 Å². The fraction of sp³-hybridized carbons (Fsp3) is 0.760. The highest BCUT2D eigenvalue weighted by Crippen LogP contribution is 2.35. The van der Waals surface area contributed by atoms with Crippen molar-refractivity contribution < 1.29 is 0 Å². The van der Waals surface area contributed by atoms with Crippen molar-refractivity contribution in [3.63, 3.8) is 0 Å². The average Bonchev–Trinajstić information content (AvgIpc) is 2.69. The fourth-order valence-electron chi connectivity index (χ4n) is 5.26. The third-order valence-electron chi connectivity index (χ3n) is 7.08. The summed E-state index contributed by atoms with van der Waals surface area (Å²) in [7, 11) is 0. The van der Waals surface area contributed by atoms with E-state index in [1.807, 2.05) is 0 Å². The van der Waals surface area contributed by atoms with Crippen molar-refractivity contribution in [3.05, 3.63) is 35.4 Å². The molecule has 1 aromatic carbocycles. The van der Waals surface area contributed by atoms with Gasteiger partial charge in [-0.05, 0) is 54.6 Å². The van der Waals surface area contributed by atoms with Gasteiger partial charge >= 0.3 is 0 Å². The molecule has 0 spiro atoms. The largest absolute Gasteiger partial charge is 0.0654 e. The van der Waals surface area contributed by atoms with Crippen molar-refractivity contribution in [3.8, 4) is 0 Å². The van der Waals surface area contributed by atoms with Crippen LogP contribution in [0.5, 0.6) is 0 Å². The molecule has 0 aromatic heterocycles. The Morgan fingerprint density at radius 2 is 1.36 bits per heavy atom. The van der Waals surface area contributed by atoms with Crippen LogP contribution in [-0.2, 0) is 6.42 Å². The number of hydrogen-bond acceptors (Lipinski definition) is 0. The Morgan fingerprint density at radius 1 is 0.720 bits per heavy atom. The van der Waals surface area contributed by atoms with E-state index in [0.29, 0.717) is 0 Å². The number of aryl methyl sites for hydroxylation is 1. The van der Waals surface area contributed by atoms with Crippen molar-refractivity contribution in [2.75, 3.05) is 0 Å². The van der Waals surface area contributed by atoms with Crippen molar-refractivity contribution in [1.29, 1.82) is 0 Å². The van der Waals surface area contributed by atoms with E-state index < -0.39 is 0 Å². The van der Waals surface area contributed by atoms with Crippen LogP contribution in [0.2, 0.25) is 0 Å². The van der Waals surface area contributed by atoms with Crippen molar-refractivity contribution in [2.45, 2.75) is 109 Å². The maximum atomic E-state index is 2.44. The zero-order chi connectivity index (χ0) is 17.3. The van der Waals surface area contributed by atoms with Gasteiger partial charge in [-0.3, -0.25) is 0 Å². The standard InChI is InChI=1S/C25H40/c1-2-3-5-8-21-11-13-22(14-12-21)15-16-23-17-19-25(20-18-23)24-9-6-4-7-10-24/h17-22,24H,2-16H2,1H3. The van der Waals surface area contributed by atoms with Gasteiger partial charge in [-0.2, -0.15) is 0 Å². The molecule has 1 aromatic rings. The highest BCUT2D eigenvalue weighted by molar-refractivity contribution is 5.25. The molecule has 0 unspecified atom stereocenters. The summed E-state index contributed by atoms with van der Waals surface area (Å²) in [6.07, 6.45) is 21.7. The van der Waals surface area contributed by atoms with Gasteiger partial charge in [-0.25, -0.2) is 0 Å². The number of hydrogen-bond donors (Lipinski definition) is 0. The van der Waals surface area contributed by atoms with Crippen LogP contribution >= 0.6 is 0 Å². The Balaban J connectivity index is 1.36. The van der Waals surface area contributed by atoms with Crippen molar-refractivity contribution >= 4 is 0 Å². The summed E-state index contributed by atoms with van der Waals surface area (Å²) < 4.78 is 0. The summed E-state index contributed by atoms with van der Waals surface area (Å²) in [4.78, 5) is 0. The molecule has 0 atom stereocenters. The highest BCUT2D eigenvalue weighted by Gasteiger charge is 2.20. The summed E-state index contributed by atoms with van der Waals surface area (Å²) in [5.74, 6) is 2.91. The van der Waals surface area contributed by atoms with E-state index in [1.54, 1.807) is 11.1 Å². The number of unbranched alkanes of at least 4 members (excludes halogenated alkanes) is 2. The molecular weight excluding hydrogens is 300 g/mol. The van der Waals surface area contributed by atoms with Crippen LogP contribution in [0, 0.1) is 11.8 Å². The lowest BCUT2D eigenvalue weighted by molar-refractivity contribution is 0.249. The molecule has 0 bridgehead atoms. The van der Waals surface area contributed by atoms with E-state index in [9.17, 15) is 0 Å². The molecule has 25 heavy (non-hydrogen) atoms. The zero-order valence-corrected chi connectivity index (χ0v) is 16.6. The van der Waals surface area contributed by atoms with Crippen LogP contribution in [0.1, 0.15) is 114 Å². The highest BCUT2D eigenvalue weighted by atomic mass is 14.3. The second-order valence-corrected chi connectivity index (χ2v) is 9.00. The Hall–Kier alpha value is -0.780. The first-order valence-electron chi connectivity index (χ1n) is 11.4. The molecule has 3 rings (SSSR count). The van der Waals surface area contributed by atoms with Crippen molar-refractivity contribution in [2.24, 2.45) is 11.8 Å². The molecule has 0 N–H and O–H groups in total. The molecule has 2 aliphatic rings. The third-order valence-corrected chi connectivity index (χ3v) is 7.08.